The van der Waals surface area contributed by atoms with E-state index in [2.05, 4.69) is 5.32 Å². The number of hydrogen-bond acceptors (Lipinski definition) is 4. The van der Waals surface area contributed by atoms with E-state index < -0.39 is 17.9 Å². The highest BCUT2D eigenvalue weighted by atomic mass is 16.4. The fraction of sp³-hybridized carbons (Fsp3) is 0.273. The maximum absolute atomic E-state index is 11.7. The van der Waals surface area contributed by atoms with Crippen molar-refractivity contribution in [2.45, 2.75) is 12.5 Å². The Morgan fingerprint density at radius 2 is 2.12 bits per heavy atom. The molecule has 0 spiro atoms. The van der Waals surface area contributed by atoms with Crippen LogP contribution in [-0.4, -0.2) is 34.7 Å². The lowest BCUT2D eigenvalue weighted by molar-refractivity contribution is -0.139. The summed E-state index contributed by atoms with van der Waals surface area (Å²) in [7, 11) is 0. The van der Waals surface area contributed by atoms with Crippen LogP contribution in [0.15, 0.2) is 24.3 Å². The monoisotopic (exact) mass is 238 g/mol. The zero-order valence-electron chi connectivity index (χ0n) is 9.09. The van der Waals surface area contributed by atoms with E-state index in [0.717, 1.165) is 0 Å². The fourth-order valence-electron chi connectivity index (χ4n) is 1.31. The molecule has 17 heavy (non-hydrogen) atoms. The molecule has 92 valence electrons. The van der Waals surface area contributed by atoms with Gasteiger partial charge in [0.25, 0.3) is 5.91 Å². The van der Waals surface area contributed by atoms with Crippen LogP contribution in [0.25, 0.3) is 0 Å². The number of nitrogens with one attached hydrogen (secondary N) is 1. The van der Waals surface area contributed by atoms with Crippen LogP contribution in [0.3, 0.4) is 0 Å². The second kappa shape index (κ2) is 5.86. The van der Waals surface area contributed by atoms with Crippen molar-refractivity contribution in [2.75, 3.05) is 12.3 Å². The van der Waals surface area contributed by atoms with Crippen LogP contribution in [0, 0.1) is 0 Å². The topological polar surface area (TPSA) is 113 Å². The van der Waals surface area contributed by atoms with Crippen LogP contribution in [-0.2, 0) is 4.79 Å². The molecule has 1 aromatic carbocycles. The molecular formula is C11H14N2O4. The van der Waals surface area contributed by atoms with Gasteiger partial charge in [-0.3, -0.25) is 4.79 Å². The number of aliphatic carboxylic acids is 1. The molecule has 0 saturated carbocycles. The van der Waals surface area contributed by atoms with E-state index in [4.69, 9.17) is 15.9 Å². The van der Waals surface area contributed by atoms with Gasteiger partial charge in [0.1, 0.15) is 6.04 Å². The largest absolute Gasteiger partial charge is 0.480 e. The number of rotatable bonds is 5. The standard InChI is InChI=1S/C11H14N2O4/c12-8-3-1-2-7(6-8)10(15)13-9(4-5-14)11(16)17/h1-3,6,9,14H,4-5,12H2,(H,13,15)(H,16,17)/t9-/m1/s1. The SMILES string of the molecule is Nc1cccc(C(=O)N[C@H](CCO)C(=O)O)c1. The Kier molecular flexibility index (Phi) is 4.47. The molecule has 0 radical (unpaired) electrons. The molecule has 0 saturated heterocycles. The maximum Gasteiger partial charge on any atom is 0.326 e. The Bertz CT molecular complexity index is 420. The highest BCUT2D eigenvalue weighted by Crippen LogP contribution is 2.07. The van der Waals surface area contributed by atoms with Gasteiger partial charge in [0.05, 0.1) is 0 Å². The van der Waals surface area contributed by atoms with Crippen LogP contribution < -0.4 is 11.1 Å². The highest BCUT2D eigenvalue weighted by molar-refractivity contribution is 5.97. The predicted octanol–water partition coefficient (Wildman–Crippen LogP) is -0.166. The Morgan fingerprint density at radius 3 is 2.65 bits per heavy atom. The van der Waals surface area contributed by atoms with Crippen molar-refractivity contribution < 1.29 is 19.8 Å². The second-order valence-electron chi connectivity index (χ2n) is 3.50. The number of anilines is 1. The molecule has 1 amide bonds. The van der Waals surface area contributed by atoms with Gasteiger partial charge in [-0.2, -0.15) is 0 Å². The van der Waals surface area contributed by atoms with Crippen LogP contribution in [0.5, 0.6) is 0 Å². The molecule has 0 bridgehead atoms. The second-order valence-corrected chi connectivity index (χ2v) is 3.50. The van der Waals surface area contributed by atoms with Gasteiger partial charge in [0.2, 0.25) is 0 Å². The number of hydrogen-bond donors (Lipinski definition) is 4. The van der Waals surface area contributed by atoms with Crippen LogP contribution >= 0.6 is 0 Å². The molecule has 5 N–H and O–H groups in total. The van der Waals surface area contributed by atoms with E-state index in [-0.39, 0.29) is 18.6 Å². The molecule has 1 atom stereocenters. The Hall–Kier alpha value is -2.08. The number of carboxylic acids is 1. The molecular weight excluding hydrogens is 224 g/mol. The molecule has 0 unspecified atom stereocenters. The number of nitrogens with two attached hydrogens (primary N) is 1. The minimum atomic E-state index is -1.18. The van der Waals surface area contributed by atoms with Crippen molar-refractivity contribution in [3.8, 4) is 0 Å². The van der Waals surface area contributed by atoms with Gasteiger partial charge in [-0.1, -0.05) is 6.07 Å². The molecule has 0 aliphatic carbocycles. The summed E-state index contributed by atoms with van der Waals surface area (Å²) in [5.74, 6) is -1.71. The third-order valence-electron chi connectivity index (χ3n) is 2.17. The predicted molar refractivity (Wildman–Crippen MR) is 61.4 cm³/mol. The van der Waals surface area contributed by atoms with Crippen molar-refractivity contribution in [1.82, 2.24) is 5.32 Å². The van der Waals surface area contributed by atoms with Gasteiger partial charge in [0, 0.05) is 24.3 Å². The lowest BCUT2D eigenvalue weighted by Crippen LogP contribution is -2.41. The van der Waals surface area contributed by atoms with E-state index in [1.165, 1.54) is 12.1 Å². The minimum Gasteiger partial charge on any atom is -0.480 e. The third-order valence-corrected chi connectivity index (χ3v) is 2.17. The fourth-order valence-corrected chi connectivity index (χ4v) is 1.31. The normalized spacial score (nSPS) is 11.8. The van der Waals surface area contributed by atoms with Crippen molar-refractivity contribution in [1.29, 1.82) is 0 Å². The number of amides is 1. The lowest BCUT2D eigenvalue weighted by Gasteiger charge is -2.13. The summed E-state index contributed by atoms with van der Waals surface area (Å²) in [5, 5.41) is 19.8. The van der Waals surface area contributed by atoms with Gasteiger partial charge in [-0.25, -0.2) is 4.79 Å². The van der Waals surface area contributed by atoms with E-state index in [1.807, 2.05) is 0 Å². The van der Waals surface area contributed by atoms with Crippen LogP contribution in [0.1, 0.15) is 16.8 Å². The number of aliphatic hydroxyl groups is 1. The highest BCUT2D eigenvalue weighted by Gasteiger charge is 2.19. The van der Waals surface area contributed by atoms with Crippen molar-refractivity contribution in [3.05, 3.63) is 29.8 Å². The first-order chi connectivity index (χ1) is 8.04. The summed E-state index contributed by atoms with van der Waals surface area (Å²) in [6.45, 7) is -0.311. The molecule has 0 aromatic heterocycles. The van der Waals surface area contributed by atoms with Gasteiger partial charge in [-0.05, 0) is 18.2 Å². The summed E-state index contributed by atoms with van der Waals surface area (Å²) in [6, 6.07) is 5.11. The number of aliphatic hydroxyl groups excluding tert-OH is 1. The van der Waals surface area contributed by atoms with Crippen molar-refractivity contribution >= 4 is 17.6 Å². The molecule has 6 heteroatoms. The zero-order chi connectivity index (χ0) is 12.8. The summed E-state index contributed by atoms with van der Waals surface area (Å²) in [5.41, 5.74) is 6.22. The average molecular weight is 238 g/mol. The van der Waals surface area contributed by atoms with Crippen LogP contribution in [0.2, 0.25) is 0 Å². The molecule has 0 heterocycles. The van der Waals surface area contributed by atoms with E-state index in [9.17, 15) is 9.59 Å². The first-order valence-electron chi connectivity index (χ1n) is 5.04. The zero-order valence-corrected chi connectivity index (χ0v) is 9.09. The Balaban J connectivity index is 2.73. The Morgan fingerprint density at radius 1 is 1.41 bits per heavy atom. The first kappa shape index (κ1) is 13.0. The average Bonchev–Trinajstić information content (AvgIpc) is 2.28. The molecule has 0 aliphatic heterocycles. The van der Waals surface area contributed by atoms with Gasteiger partial charge in [0.15, 0.2) is 0 Å². The molecule has 1 rings (SSSR count). The minimum absolute atomic E-state index is 0.0383. The molecule has 1 aromatic rings. The number of carboxylic acid groups (broad SMARTS) is 1. The van der Waals surface area contributed by atoms with Crippen LogP contribution in [0.4, 0.5) is 5.69 Å². The van der Waals surface area contributed by atoms with E-state index in [0.29, 0.717) is 5.69 Å². The Labute approximate surface area is 98.1 Å². The summed E-state index contributed by atoms with van der Waals surface area (Å²) in [4.78, 5) is 22.4. The number of carbonyl (C=O) groups excluding carboxylic acids is 1. The molecule has 6 nitrogen and oxygen atoms in total. The quantitative estimate of drug-likeness (QED) is 0.532. The third kappa shape index (κ3) is 3.76. The summed E-state index contributed by atoms with van der Waals surface area (Å²) >= 11 is 0. The van der Waals surface area contributed by atoms with Gasteiger partial charge < -0.3 is 21.3 Å². The summed E-state index contributed by atoms with van der Waals surface area (Å²) < 4.78 is 0. The number of carbonyl (C=O) groups is 2. The van der Waals surface area contributed by atoms with E-state index in [1.54, 1.807) is 12.1 Å². The van der Waals surface area contributed by atoms with Crippen molar-refractivity contribution in [3.63, 3.8) is 0 Å². The summed E-state index contributed by atoms with van der Waals surface area (Å²) in [6.07, 6.45) is -0.0383. The molecule has 0 fully saturated rings. The smallest absolute Gasteiger partial charge is 0.326 e. The maximum atomic E-state index is 11.7. The molecule has 0 aliphatic rings. The van der Waals surface area contributed by atoms with Crippen molar-refractivity contribution in [2.24, 2.45) is 0 Å². The number of nitrogen functional groups attached to an aromatic ring is 1. The van der Waals surface area contributed by atoms with Gasteiger partial charge >= 0.3 is 5.97 Å². The van der Waals surface area contributed by atoms with E-state index >= 15 is 0 Å². The van der Waals surface area contributed by atoms with Gasteiger partial charge in [-0.15, -0.1) is 0 Å². The number of benzene rings is 1. The lowest BCUT2D eigenvalue weighted by atomic mass is 10.1. The first-order valence-corrected chi connectivity index (χ1v) is 5.04.